The second kappa shape index (κ2) is 6.31. The quantitative estimate of drug-likeness (QED) is 0.738. The molecule has 0 radical (unpaired) electrons. The molecule has 0 fully saturated rings. The van der Waals surface area contributed by atoms with Crippen molar-refractivity contribution in [1.29, 1.82) is 0 Å². The molecule has 3 rings (SSSR count). The lowest BCUT2D eigenvalue weighted by atomic mass is 10.1. The van der Waals surface area contributed by atoms with Crippen molar-refractivity contribution < 1.29 is 9.21 Å². The molecule has 0 aliphatic rings. The van der Waals surface area contributed by atoms with Gasteiger partial charge in [-0.1, -0.05) is 25.1 Å². The van der Waals surface area contributed by atoms with Crippen LogP contribution in [0.5, 0.6) is 0 Å². The number of hydrogen-bond donors (Lipinski definition) is 0. The number of para-hydroxylation sites is 1. The summed E-state index contributed by atoms with van der Waals surface area (Å²) < 4.78 is 7.03. The Morgan fingerprint density at radius 3 is 2.71 bits per heavy atom. The molecule has 0 aliphatic heterocycles. The average molecular weight is 325 g/mol. The molecule has 0 unspecified atom stereocenters. The molecule has 0 spiro atoms. The van der Waals surface area contributed by atoms with Crippen molar-refractivity contribution in [2.45, 2.75) is 19.9 Å². The van der Waals surface area contributed by atoms with Gasteiger partial charge >= 0.3 is 0 Å². The SMILES string of the molecule is CCc1oc2ccccc2c1CN(C)C(=O)c1ccc(=O)n(C)n1. The second-order valence-corrected chi connectivity index (χ2v) is 5.70. The van der Waals surface area contributed by atoms with E-state index in [1.807, 2.05) is 31.2 Å². The van der Waals surface area contributed by atoms with E-state index in [-0.39, 0.29) is 17.2 Å². The minimum Gasteiger partial charge on any atom is -0.461 e. The number of aromatic nitrogens is 2. The standard InChI is InChI=1S/C18H19N3O3/c1-4-15-13(12-7-5-6-8-16(12)24-15)11-20(2)18(23)14-9-10-17(22)21(3)19-14/h5-10H,4,11H2,1-3H3. The third-order valence-electron chi connectivity index (χ3n) is 4.02. The number of furan rings is 1. The summed E-state index contributed by atoms with van der Waals surface area (Å²) in [6, 6.07) is 10.6. The third kappa shape index (κ3) is 2.82. The molecule has 0 bridgehead atoms. The number of carbonyl (C=O) groups excluding carboxylic acids is 1. The summed E-state index contributed by atoms with van der Waals surface area (Å²) in [4.78, 5) is 25.6. The highest BCUT2D eigenvalue weighted by atomic mass is 16.3. The van der Waals surface area contributed by atoms with Crippen LogP contribution in [0.25, 0.3) is 11.0 Å². The van der Waals surface area contributed by atoms with Crippen LogP contribution in [0.3, 0.4) is 0 Å². The summed E-state index contributed by atoms with van der Waals surface area (Å²) in [5.74, 6) is 0.641. The maximum absolute atomic E-state index is 12.6. The van der Waals surface area contributed by atoms with E-state index in [1.165, 1.54) is 19.2 Å². The van der Waals surface area contributed by atoms with Crippen molar-refractivity contribution >= 4 is 16.9 Å². The number of rotatable bonds is 4. The second-order valence-electron chi connectivity index (χ2n) is 5.70. The number of carbonyl (C=O) groups is 1. The summed E-state index contributed by atoms with van der Waals surface area (Å²) in [7, 11) is 3.24. The van der Waals surface area contributed by atoms with Gasteiger partial charge in [0.25, 0.3) is 11.5 Å². The number of aryl methyl sites for hydroxylation is 2. The van der Waals surface area contributed by atoms with Gasteiger partial charge in [0.15, 0.2) is 0 Å². The van der Waals surface area contributed by atoms with Crippen molar-refractivity contribution in [3.05, 3.63) is 63.8 Å². The first kappa shape index (κ1) is 16.0. The van der Waals surface area contributed by atoms with E-state index in [0.29, 0.717) is 6.54 Å². The van der Waals surface area contributed by atoms with E-state index >= 15 is 0 Å². The summed E-state index contributed by atoms with van der Waals surface area (Å²) in [6.45, 7) is 2.45. The van der Waals surface area contributed by atoms with E-state index < -0.39 is 0 Å². The highest BCUT2D eigenvalue weighted by molar-refractivity contribution is 5.92. The van der Waals surface area contributed by atoms with Crippen LogP contribution in [0.1, 0.15) is 28.7 Å². The van der Waals surface area contributed by atoms with Gasteiger partial charge in [0.1, 0.15) is 17.0 Å². The highest BCUT2D eigenvalue weighted by Gasteiger charge is 2.19. The van der Waals surface area contributed by atoms with Crippen LogP contribution in [-0.4, -0.2) is 27.6 Å². The number of hydrogen-bond acceptors (Lipinski definition) is 4. The molecule has 124 valence electrons. The fourth-order valence-corrected chi connectivity index (χ4v) is 2.73. The van der Waals surface area contributed by atoms with Gasteiger partial charge in [0.2, 0.25) is 0 Å². The Labute approximate surface area is 139 Å². The third-order valence-corrected chi connectivity index (χ3v) is 4.02. The molecule has 1 aromatic carbocycles. The molecule has 6 heteroatoms. The fourth-order valence-electron chi connectivity index (χ4n) is 2.73. The Kier molecular flexibility index (Phi) is 4.20. The zero-order chi connectivity index (χ0) is 17.3. The molecule has 6 nitrogen and oxygen atoms in total. The van der Waals surface area contributed by atoms with Crippen LogP contribution in [0.2, 0.25) is 0 Å². The maximum atomic E-state index is 12.6. The van der Waals surface area contributed by atoms with Crippen molar-refractivity contribution in [2.24, 2.45) is 7.05 Å². The van der Waals surface area contributed by atoms with Gasteiger partial charge < -0.3 is 9.32 Å². The first-order valence-electron chi connectivity index (χ1n) is 7.80. The minimum absolute atomic E-state index is 0.238. The Morgan fingerprint density at radius 1 is 1.25 bits per heavy atom. The largest absolute Gasteiger partial charge is 0.461 e. The topological polar surface area (TPSA) is 68.3 Å². The predicted molar refractivity (Wildman–Crippen MR) is 90.9 cm³/mol. The maximum Gasteiger partial charge on any atom is 0.274 e. The first-order valence-corrected chi connectivity index (χ1v) is 7.80. The van der Waals surface area contributed by atoms with Gasteiger partial charge in [-0.25, -0.2) is 4.68 Å². The zero-order valence-electron chi connectivity index (χ0n) is 13.9. The Balaban J connectivity index is 1.91. The molecule has 1 amide bonds. The highest BCUT2D eigenvalue weighted by Crippen LogP contribution is 2.27. The van der Waals surface area contributed by atoms with Crippen LogP contribution in [0, 0.1) is 0 Å². The lowest BCUT2D eigenvalue weighted by Crippen LogP contribution is -2.30. The van der Waals surface area contributed by atoms with E-state index in [2.05, 4.69) is 5.10 Å². The van der Waals surface area contributed by atoms with Gasteiger partial charge in [0.05, 0.1) is 0 Å². The number of fused-ring (bicyclic) bond motifs is 1. The lowest BCUT2D eigenvalue weighted by Gasteiger charge is -2.17. The van der Waals surface area contributed by atoms with Crippen LogP contribution < -0.4 is 5.56 Å². The molecule has 0 N–H and O–H groups in total. The van der Waals surface area contributed by atoms with E-state index in [1.54, 1.807) is 11.9 Å². The molecule has 0 saturated heterocycles. The monoisotopic (exact) mass is 325 g/mol. The van der Waals surface area contributed by atoms with Gasteiger partial charge in [-0.2, -0.15) is 5.10 Å². The number of nitrogens with zero attached hydrogens (tertiary/aromatic N) is 3. The zero-order valence-corrected chi connectivity index (χ0v) is 13.9. The number of benzene rings is 1. The Bertz CT molecular complexity index is 956. The van der Waals surface area contributed by atoms with Gasteiger partial charge in [-0.15, -0.1) is 0 Å². The van der Waals surface area contributed by atoms with Crippen molar-refractivity contribution in [3.63, 3.8) is 0 Å². The predicted octanol–water partition coefficient (Wildman–Crippen LogP) is 2.36. The van der Waals surface area contributed by atoms with Crippen LogP contribution in [0.15, 0.2) is 45.6 Å². The van der Waals surface area contributed by atoms with Gasteiger partial charge in [-0.3, -0.25) is 9.59 Å². The summed E-state index contributed by atoms with van der Waals surface area (Å²) in [5.41, 5.74) is 1.83. The molecule has 0 saturated carbocycles. The van der Waals surface area contributed by atoms with Gasteiger partial charge in [0, 0.05) is 44.1 Å². The number of amides is 1. The molecule has 24 heavy (non-hydrogen) atoms. The molecule has 0 aliphatic carbocycles. The van der Waals surface area contributed by atoms with E-state index in [4.69, 9.17) is 4.42 Å². The van der Waals surface area contributed by atoms with E-state index in [9.17, 15) is 9.59 Å². The molecule has 3 aromatic rings. The summed E-state index contributed by atoms with van der Waals surface area (Å²) >= 11 is 0. The van der Waals surface area contributed by atoms with Crippen LogP contribution >= 0.6 is 0 Å². The van der Waals surface area contributed by atoms with Crippen molar-refractivity contribution in [1.82, 2.24) is 14.7 Å². The van der Waals surface area contributed by atoms with Gasteiger partial charge in [-0.05, 0) is 12.1 Å². The summed E-state index contributed by atoms with van der Waals surface area (Å²) in [6.07, 6.45) is 0.754. The molecular formula is C18H19N3O3. The van der Waals surface area contributed by atoms with Crippen LogP contribution in [-0.2, 0) is 20.0 Å². The normalized spacial score (nSPS) is 11.0. The van der Waals surface area contributed by atoms with Crippen molar-refractivity contribution in [2.75, 3.05) is 7.05 Å². The van der Waals surface area contributed by atoms with Crippen LogP contribution in [0.4, 0.5) is 0 Å². The van der Waals surface area contributed by atoms with E-state index in [0.717, 1.165) is 33.4 Å². The lowest BCUT2D eigenvalue weighted by molar-refractivity contribution is 0.0776. The van der Waals surface area contributed by atoms with Crippen molar-refractivity contribution in [3.8, 4) is 0 Å². The summed E-state index contributed by atoms with van der Waals surface area (Å²) in [5, 5.41) is 5.03. The smallest absolute Gasteiger partial charge is 0.274 e. The Morgan fingerprint density at radius 2 is 2.00 bits per heavy atom. The minimum atomic E-state index is -0.247. The molecule has 2 aromatic heterocycles. The molecular weight excluding hydrogens is 306 g/mol. The first-order chi connectivity index (χ1) is 11.5. The Hall–Kier alpha value is -2.89. The molecule has 2 heterocycles. The average Bonchev–Trinajstić information content (AvgIpc) is 2.94. The fraction of sp³-hybridized carbons (Fsp3) is 0.278. The molecule has 0 atom stereocenters.